The number of nitrogens with zero attached hydrogens (tertiary/aromatic N) is 2. The summed E-state index contributed by atoms with van der Waals surface area (Å²) in [6.07, 6.45) is -1.55. The minimum atomic E-state index is -4.60. The number of alkyl halides is 2. The number of hydrogen-bond donors (Lipinski definition) is 1. The van der Waals surface area contributed by atoms with E-state index >= 15 is 0 Å². The molecule has 2 atom stereocenters. The molecule has 3 rings (SSSR count). The lowest BCUT2D eigenvalue weighted by Gasteiger charge is -2.15. The summed E-state index contributed by atoms with van der Waals surface area (Å²) in [6.45, 7) is 0. The minimum Gasteiger partial charge on any atom is -0.456 e. The van der Waals surface area contributed by atoms with Gasteiger partial charge in [-0.25, -0.2) is 13.0 Å². The van der Waals surface area contributed by atoms with E-state index in [4.69, 9.17) is 21.6 Å². The van der Waals surface area contributed by atoms with Crippen molar-refractivity contribution < 1.29 is 31.6 Å². The maximum Gasteiger partial charge on any atom is 0.362 e. The van der Waals surface area contributed by atoms with Crippen LogP contribution in [0.25, 0.3) is 0 Å². The molecule has 5 nitrogen and oxygen atoms in total. The van der Waals surface area contributed by atoms with Crippen LogP contribution in [-0.4, -0.2) is 14.6 Å². The Balaban J connectivity index is 2.16. The molecule has 11 heteroatoms. The molecule has 2 aromatic rings. The zero-order valence-corrected chi connectivity index (χ0v) is 14.0. The van der Waals surface area contributed by atoms with Crippen molar-refractivity contribution in [3.63, 3.8) is 0 Å². The molecule has 0 saturated heterocycles. The molecular formula is C15H7ClF4N2O3S. The molecule has 1 unspecified atom stereocenters. The van der Waals surface area contributed by atoms with Crippen molar-refractivity contribution in [2.75, 3.05) is 0 Å². The number of aliphatic hydroxyl groups excluding tert-OH is 1. The largest absolute Gasteiger partial charge is 0.456 e. The number of halogens is 5. The van der Waals surface area contributed by atoms with Gasteiger partial charge in [-0.05, 0) is 12.1 Å². The first-order valence-electron chi connectivity index (χ1n) is 6.79. The van der Waals surface area contributed by atoms with Crippen LogP contribution in [0.5, 0.6) is 11.5 Å². The van der Waals surface area contributed by atoms with E-state index in [1.54, 1.807) is 0 Å². The van der Waals surface area contributed by atoms with Crippen molar-refractivity contribution in [2.45, 2.75) is 16.3 Å². The van der Waals surface area contributed by atoms with E-state index in [1.807, 2.05) is 0 Å². The maximum atomic E-state index is 14.2. The summed E-state index contributed by atoms with van der Waals surface area (Å²) in [6, 6.07) is 4.17. The van der Waals surface area contributed by atoms with Crippen LogP contribution in [-0.2, 0) is 9.73 Å². The molecule has 0 aromatic heterocycles. The van der Waals surface area contributed by atoms with Gasteiger partial charge in [-0.15, -0.1) is 4.36 Å². The third kappa shape index (κ3) is 2.59. The number of hydrogen-bond acceptors (Lipinski definition) is 5. The lowest BCUT2D eigenvalue weighted by atomic mass is 10.1. The Labute approximate surface area is 149 Å². The fourth-order valence-electron chi connectivity index (χ4n) is 2.48. The van der Waals surface area contributed by atoms with Gasteiger partial charge in [0.2, 0.25) is 6.19 Å². The summed E-state index contributed by atoms with van der Waals surface area (Å²) in [5.74, 6) is -2.52. The van der Waals surface area contributed by atoms with Gasteiger partial charge >= 0.3 is 5.25 Å². The van der Waals surface area contributed by atoms with Crippen LogP contribution in [0.3, 0.4) is 0 Å². The average molecular weight is 407 g/mol. The molecule has 0 spiro atoms. The van der Waals surface area contributed by atoms with Crippen molar-refractivity contribution in [1.82, 2.24) is 0 Å². The van der Waals surface area contributed by atoms with Crippen LogP contribution in [0, 0.1) is 23.1 Å². The molecule has 0 amide bonds. The number of fused-ring (bicyclic) bond motifs is 1. The average Bonchev–Trinajstić information content (AvgIpc) is 2.68. The van der Waals surface area contributed by atoms with Crippen LogP contribution < -0.4 is 4.74 Å². The summed E-state index contributed by atoms with van der Waals surface area (Å²) >= 11 is 5.98. The highest BCUT2D eigenvalue weighted by molar-refractivity contribution is 7.95. The van der Waals surface area contributed by atoms with Gasteiger partial charge in [-0.2, -0.15) is 14.0 Å². The molecule has 1 aliphatic rings. The number of rotatable bonds is 2. The third-order valence-electron chi connectivity index (χ3n) is 3.60. The van der Waals surface area contributed by atoms with Crippen molar-refractivity contribution in [3.05, 3.63) is 52.6 Å². The number of benzene rings is 2. The van der Waals surface area contributed by atoms with Crippen LogP contribution in [0.1, 0.15) is 11.7 Å². The van der Waals surface area contributed by atoms with E-state index in [0.717, 1.165) is 30.5 Å². The Hall–Kier alpha value is -2.35. The first kappa shape index (κ1) is 18.4. The van der Waals surface area contributed by atoms with Gasteiger partial charge in [0.05, 0.1) is 9.92 Å². The highest BCUT2D eigenvalue weighted by Crippen LogP contribution is 2.54. The van der Waals surface area contributed by atoms with E-state index < -0.39 is 48.2 Å². The van der Waals surface area contributed by atoms with Gasteiger partial charge in [0.25, 0.3) is 0 Å². The quantitative estimate of drug-likeness (QED) is 0.593. The van der Waals surface area contributed by atoms with Gasteiger partial charge < -0.3 is 9.84 Å². The fourth-order valence-corrected chi connectivity index (χ4v) is 4.65. The summed E-state index contributed by atoms with van der Waals surface area (Å²) in [5.41, 5.74) is -0.630. The van der Waals surface area contributed by atoms with E-state index in [2.05, 4.69) is 4.36 Å². The highest BCUT2D eigenvalue weighted by atomic mass is 35.5. The van der Waals surface area contributed by atoms with Crippen molar-refractivity contribution >= 4 is 21.3 Å². The van der Waals surface area contributed by atoms with Gasteiger partial charge in [-0.3, -0.25) is 0 Å². The molecule has 1 heterocycles. The monoisotopic (exact) mass is 406 g/mol. The van der Waals surface area contributed by atoms with E-state index in [-0.39, 0.29) is 11.5 Å². The van der Waals surface area contributed by atoms with Crippen molar-refractivity contribution in [3.8, 4) is 17.7 Å². The predicted molar refractivity (Wildman–Crippen MR) is 82.2 cm³/mol. The molecule has 26 heavy (non-hydrogen) atoms. The van der Waals surface area contributed by atoms with Crippen molar-refractivity contribution in [2.24, 2.45) is 4.36 Å². The summed E-state index contributed by atoms with van der Waals surface area (Å²) in [4.78, 5) is -0.612. The molecule has 0 bridgehead atoms. The SMILES string of the molecule is N#CN=S1(=O)c2ccc(Oc3cc(F)cc(F)c3)c(Cl)c2[C@@H](O)C1(F)F. The highest BCUT2D eigenvalue weighted by Gasteiger charge is 2.59. The molecule has 136 valence electrons. The second-order valence-corrected chi connectivity index (χ2v) is 7.77. The molecule has 0 fully saturated rings. The van der Waals surface area contributed by atoms with Crippen LogP contribution >= 0.6 is 11.6 Å². The zero-order chi connectivity index (χ0) is 19.3. The van der Waals surface area contributed by atoms with Crippen molar-refractivity contribution in [1.29, 1.82) is 5.26 Å². The summed E-state index contributed by atoms with van der Waals surface area (Å²) < 4.78 is 75.4. The number of nitriles is 1. The molecule has 0 radical (unpaired) electrons. The first-order chi connectivity index (χ1) is 12.1. The van der Waals surface area contributed by atoms with E-state index in [0.29, 0.717) is 6.07 Å². The third-order valence-corrected chi connectivity index (χ3v) is 6.24. The number of ether oxygens (including phenoxy) is 1. The van der Waals surface area contributed by atoms with Gasteiger partial charge in [-0.1, -0.05) is 11.6 Å². The predicted octanol–water partition coefficient (Wildman–Crippen LogP) is 4.36. The van der Waals surface area contributed by atoms with Crippen LogP contribution in [0.2, 0.25) is 5.02 Å². The van der Waals surface area contributed by atoms with Gasteiger partial charge in [0.1, 0.15) is 23.1 Å². The molecule has 0 saturated carbocycles. The number of aliphatic hydroxyl groups is 1. The Bertz CT molecular complexity index is 1060. The molecule has 1 N–H and O–H groups in total. The lowest BCUT2D eigenvalue weighted by molar-refractivity contribution is -0.0355. The van der Waals surface area contributed by atoms with Gasteiger partial charge in [0.15, 0.2) is 15.8 Å². The Morgan fingerprint density at radius 3 is 2.46 bits per heavy atom. The molecule has 0 aliphatic carbocycles. The lowest BCUT2D eigenvalue weighted by Crippen LogP contribution is -2.28. The Kier molecular flexibility index (Phi) is 4.34. The fraction of sp³-hybridized carbons (Fsp3) is 0.133. The summed E-state index contributed by atoms with van der Waals surface area (Å²) in [7, 11) is -4.60. The summed E-state index contributed by atoms with van der Waals surface area (Å²) in [5, 5.41) is 13.6. The minimum absolute atomic E-state index is 0.314. The smallest absolute Gasteiger partial charge is 0.362 e. The van der Waals surface area contributed by atoms with Crippen LogP contribution in [0.4, 0.5) is 17.6 Å². The molecule has 1 aliphatic heterocycles. The van der Waals surface area contributed by atoms with E-state index in [1.165, 1.54) is 0 Å². The first-order valence-corrected chi connectivity index (χ1v) is 8.68. The second kappa shape index (κ2) is 6.12. The zero-order valence-electron chi connectivity index (χ0n) is 12.4. The normalized spacial score (nSPS) is 23.2. The van der Waals surface area contributed by atoms with E-state index in [9.17, 15) is 26.9 Å². The maximum absolute atomic E-state index is 14.2. The Morgan fingerprint density at radius 1 is 1.27 bits per heavy atom. The second-order valence-electron chi connectivity index (χ2n) is 5.18. The standard InChI is InChI=1S/C15H7ClF4N2O3S/c16-13-10(25-9-4-7(17)3-8(18)5-9)1-2-11-12(13)14(23)15(19,20)26(11,24)22-6-21/h1-5,14,23H/t14-,26?/m1/s1. The van der Waals surface area contributed by atoms with Gasteiger partial charge in [0, 0.05) is 23.8 Å². The van der Waals surface area contributed by atoms with Crippen LogP contribution in [0.15, 0.2) is 39.6 Å². The molecule has 2 aromatic carbocycles. The topological polar surface area (TPSA) is 82.7 Å². The Morgan fingerprint density at radius 2 is 1.88 bits per heavy atom. The molecular weight excluding hydrogens is 400 g/mol.